The van der Waals surface area contributed by atoms with Gasteiger partial charge >= 0.3 is 0 Å². The Bertz CT molecular complexity index is 2170. The van der Waals surface area contributed by atoms with Crippen LogP contribution in [0.15, 0.2) is 134 Å². The molecule has 2 unspecified atom stereocenters. The second-order valence-corrected chi connectivity index (χ2v) is 14.2. The summed E-state index contributed by atoms with van der Waals surface area (Å²) in [5.41, 5.74) is 17.5. The number of nitrogens with zero attached hydrogens (tertiary/aromatic N) is 2. The minimum atomic E-state index is -0.294. The zero-order valence-corrected chi connectivity index (χ0v) is 26.4. The standard InChI is InChI=1S/C44H36N2/c1-42-23-9-10-24-43(42,2)46(31-21-25-45-26-22-31)41-20-18-30(28-40(41)42)29-17-19-39-35(27-29)34-13-5-8-16-38(34)44(39)36-14-6-3-11-32(36)33-12-4-7-15-37(33)44/h3-8,11-22,25-28H,9-10,23-24H2,1-2H3. The molecule has 0 bridgehead atoms. The first-order valence-corrected chi connectivity index (χ1v) is 16.8. The highest BCUT2D eigenvalue weighted by Gasteiger charge is 2.58. The number of pyridine rings is 1. The van der Waals surface area contributed by atoms with Gasteiger partial charge in [0.05, 0.1) is 11.0 Å². The van der Waals surface area contributed by atoms with Crippen LogP contribution in [0.25, 0.3) is 33.4 Å². The first kappa shape index (κ1) is 26.3. The fraction of sp³-hybridized carbons (Fsp3) is 0.205. The first-order valence-electron chi connectivity index (χ1n) is 16.8. The lowest BCUT2D eigenvalue weighted by Crippen LogP contribution is -2.54. The maximum absolute atomic E-state index is 4.34. The van der Waals surface area contributed by atoms with Crippen LogP contribution in [0.1, 0.15) is 67.3 Å². The molecule has 5 aromatic carbocycles. The second kappa shape index (κ2) is 9.07. The highest BCUT2D eigenvalue weighted by molar-refractivity contribution is 5.96. The van der Waals surface area contributed by atoms with Crippen LogP contribution in [-0.2, 0) is 10.8 Å². The third-order valence-electron chi connectivity index (χ3n) is 12.4. The fourth-order valence-electron chi connectivity index (χ4n) is 10.1. The molecule has 1 aliphatic heterocycles. The van der Waals surface area contributed by atoms with Crippen molar-refractivity contribution in [3.05, 3.63) is 162 Å². The topological polar surface area (TPSA) is 16.1 Å². The van der Waals surface area contributed by atoms with Crippen molar-refractivity contribution in [2.45, 2.75) is 55.9 Å². The lowest BCUT2D eigenvalue weighted by atomic mass is 9.61. The Labute approximate surface area is 271 Å². The molecule has 10 rings (SSSR count). The molecule has 2 nitrogen and oxygen atoms in total. The van der Waals surface area contributed by atoms with E-state index in [-0.39, 0.29) is 16.4 Å². The molecule has 1 spiro atoms. The lowest BCUT2D eigenvalue weighted by molar-refractivity contribution is 0.195. The van der Waals surface area contributed by atoms with Crippen molar-refractivity contribution in [3.63, 3.8) is 0 Å². The molecule has 1 fully saturated rings. The van der Waals surface area contributed by atoms with E-state index >= 15 is 0 Å². The molecule has 1 aromatic heterocycles. The van der Waals surface area contributed by atoms with E-state index in [2.05, 4.69) is 145 Å². The smallest absolute Gasteiger partial charge is 0.0725 e. The van der Waals surface area contributed by atoms with Crippen LogP contribution in [0.2, 0.25) is 0 Å². The zero-order valence-electron chi connectivity index (χ0n) is 26.4. The summed E-state index contributed by atoms with van der Waals surface area (Å²) in [5.74, 6) is 0. The van der Waals surface area contributed by atoms with Crippen LogP contribution in [0.3, 0.4) is 0 Å². The van der Waals surface area contributed by atoms with Crippen molar-refractivity contribution in [2.24, 2.45) is 0 Å². The molecule has 1 saturated carbocycles. The number of benzene rings is 5. The number of fused-ring (bicyclic) bond motifs is 13. The van der Waals surface area contributed by atoms with Gasteiger partial charge in [0.2, 0.25) is 0 Å². The Kier molecular flexibility index (Phi) is 5.18. The summed E-state index contributed by atoms with van der Waals surface area (Å²) in [5, 5.41) is 0. The summed E-state index contributed by atoms with van der Waals surface area (Å²) in [4.78, 5) is 6.97. The molecule has 222 valence electrons. The van der Waals surface area contributed by atoms with Gasteiger partial charge in [-0.05, 0) is 111 Å². The molecule has 0 N–H and O–H groups in total. The van der Waals surface area contributed by atoms with Crippen molar-refractivity contribution in [1.29, 1.82) is 0 Å². The maximum Gasteiger partial charge on any atom is 0.0725 e. The van der Waals surface area contributed by atoms with Gasteiger partial charge in [0, 0.05) is 29.2 Å². The van der Waals surface area contributed by atoms with Crippen molar-refractivity contribution in [3.8, 4) is 33.4 Å². The molecule has 2 heterocycles. The van der Waals surface area contributed by atoms with Crippen LogP contribution >= 0.6 is 0 Å². The summed E-state index contributed by atoms with van der Waals surface area (Å²) in [6.07, 6.45) is 8.81. The van der Waals surface area contributed by atoms with Gasteiger partial charge in [0.25, 0.3) is 0 Å². The van der Waals surface area contributed by atoms with Gasteiger partial charge in [0.15, 0.2) is 0 Å². The summed E-state index contributed by atoms with van der Waals surface area (Å²) in [7, 11) is 0. The Hall–Kier alpha value is -4.95. The highest BCUT2D eigenvalue weighted by atomic mass is 15.3. The normalized spacial score (nSPS) is 22.5. The average Bonchev–Trinajstić information content (AvgIpc) is 3.65. The number of rotatable bonds is 2. The minimum absolute atomic E-state index is 0.0278. The zero-order chi connectivity index (χ0) is 30.7. The van der Waals surface area contributed by atoms with E-state index in [0.29, 0.717) is 0 Å². The van der Waals surface area contributed by atoms with Gasteiger partial charge in [-0.1, -0.05) is 111 Å². The Morgan fingerprint density at radius 1 is 0.522 bits per heavy atom. The van der Waals surface area contributed by atoms with Crippen LogP contribution in [-0.4, -0.2) is 10.5 Å². The number of hydrogen-bond donors (Lipinski definition) is 0. The monoisotopic (exact) mass is 592 g/mol. The lowest BCUT2D eigenvalue weighted by Gasteiger charge is -2.50. The van der Waals surface area contributed by atoms with Gasteiger partial charge in [-0.15, -0.1) is 0 Å². The van der Waals surface area contributed by atoms with E-state index in [9.17, 15) is 0 Å². The third-order valence-corrected chi connectivity index (χ3v) is 12.4. The van der Waals surface area contributed by atoms with E-state index in [4.69, 9.17) is 0 Å². The first-order chi connectivity index (χ1) is 22.6. The largest absolute Gasteiger partial charge is 0.334 e. The molecular weight excluding hydrogens is 556 g/mol. The molecule has 4 aliphatic rings. The van der Waals surface area contributed by atoms with Crippen LogP contribution in [0.5, 0.6) is 0 Å². The molecule has 46 heavy (non-hydrogen) atoms. The SMILES string of the molecule is CC12CCCCC1(C)N(c1ccncc1)c1ccc(-c3ccc4c(c3)-c3ccccc3C43c4ccccc4-c4ccccc43)cc12. The van der Waals surface area contributed by atoms with Gasteiger partial charge in [-0.25, -0.2) is 0 Å². The predicted molar refractivity (Wildman–Crippen MR) is 189 cm³/mol. The molecule has 6 aromatic rings. The predicted octanol–water partition coefficient (Wildman–Crippen LogP) is 10.8. The van der Waals surface area contributed by atoms with E-state index < -0.39 is 0 Å². The molecule has 0 radical (unpaired) electrons. The van der Waals surface area contributed by atoms with Crippen molar-refractivity contribution < 1.29 is 0 Å². The molecule has 0 saturated heterocycles. The number of aromatic nitrogens is 1. The van der Waals surface area contributed by atoms with Gasteiger partial charge < -0.3 is 4.90 Å². The molecule has 2 atom stereocenters. The molecule has 3 aliphatic carbocycles. The summed E-state index contributed by atoms with van der Waals surface area (Å²) >= 11 is 0. The quantitative estimate of drug-likeness (QED) is 0.198. The van der Waals surface area contributed by atoms with Gasteiger partial charge in [0.1, 0.15) is 0 Å². The summed E-state index contributed by atoms with van der Waals surface area (Å²) in [6, 6.07) is 46.1. The maximum atomic E-state index is 4.34. The van der Waals surface area contributed by atoms with Crippen molar-refractivity contribution in [1.82, 2.24) is 4.98 Å². The van der Waals surface area contributed by atoms with Gasteiger partial charge in [-0.3, -0.25) is 4.98 Å². The number of anilines is 2. The average molecular weight is 593 g/mol. The van der Waals surface area contributed by atoms with E-state index in [1.54, 1.807) is 0 Å². The van der Waals surface area contributed by atoms with Crippen LogP contribution in [0, 0.1) is 0 Å². The molecule has 2 heteroatoms. The Balaban J connectivity index is 1.17. The molecule has 0 amide bonds. The van der Waals surface area contributed by atoms with E-state index in [0.717, 1.165) is 0 Å². The summed E-state index contributed by atoms with van der Waals surface area (Å²) < 4.78 is 0. The van der Waals surface area contributed by atoms with Gasteiger partial charge in [-0.2, -0.15) is 0 Å². The molecular formula is C44H36N2. The van der Waals surface area contributed by atoms with Crippen molar-refractivity contribution >= 4 is 11.4 Å². The highest BCUT2D eigenvalue weighted by Crippen LogP contribution is 2.64. The third kappa shape index (κ3) is 3.05. The minimum Gasteiger partial charge on any atom is -0.334 e. The summed E-state index contributed by atoms with van der Waals surface area (Å²) in [6.45, 7) is 5.02. The van der Waals surface area contributed by atoms with E-state index in [1.807, 2.05) is 12.4 Å². The fourth-order valence-corrected chi connectivity index (χ4v) is 10.1. The Morgan fingerprint density at radius 3 is 1.74 bits per heavy atom. The Morgan fingerprint density at radius 2 is 1.07 bits per heavy atom. The van der Waals surface area contributed by atoms with E-state index in [1.165, 1.54) is 98.3 Å². The number of hydrogen-bond acceptors (Lipinski definition) is 2. The second-order valence-electron chi connectivity index (χ2n) is 14.2. The van der Waals surface area contributed by atoms with Crippen molar-refractivity contribution in [2.75, 3.05) is 4.90 Å². The van der Waals surface area contributed by atoms with Crippen LogP contribution in [0.4, 0.5) is 11.4 Å². The van der Waals surface area contributed by atoms with Crippen LogP contribution < -0.4 is 4.90 Å².